The summed E-state index contributed by atoms with van der Waals surface area (Å²) in [4.78, 5) is 0. The molecule has 1 N–H and O–H groups in total. The minimum Gasteiger partial charge on any atom is -0.482 e. The zero-order valence-corrected chi connectivity index (χ0v) is 17.1. The van der Waals surface area contributed by atoms with Gasteiger partial charge in [-0.3, -0.25) is 5.10 Å². The maximum Gasteiger partial charge on any atom is 0.216 e. The first kappa shape index (κ1) is 19.5. The zero-order chi connectivity index (χ0) is 18.8. The molecule has 26 heavy (non-hydrogen) atoms. The van der Waals surface area contributed by atoms with Crippen LogP contribution in [0.2, 0.25) is 25.1 Å². The molecule has 3 rings (SSSR count). The molecule has 136 valence electrons. The van der Waals surface area contributed by atoms with Gasteiger partial charge in [0.05, 0.1) is 21.3 Å². The summed E-state index contributed by atoms with van der Waals surface area (Å²) in [5, 5.41) is 10.7. The summed E-state index contributed by atoms with van der Waals surface area (Å²) in [6.45, 7) is 0.0344. The van der Waals surface area contributed by atoms with Crippen LogP contribution in [0.25, 0.3) is 0 Å². The number of hydrogen-bond donors (Lipinski definition) is 1. The molecule has 0 amide bonds. The van der Waals surface area contributed by atoms with E-state index in [4.69, 9.17) is 79.4 Å². The number of aromatic nitrogens is 3. The third-order valence-electron chi connectivity index (χ3n) is 3.06. The van der Waals surface area contributed by atoms with E-state index in [2.05, 4.69) is 15.3 Å². The Morgan fingerprint density at radius 3 is 2.38 bits per heavy atom. The van der Waals surface area contributed by atoms with Crippen molar-refractivity contribution >= 4 is 76.4 Å². The first-order chi connectivity index (χ1) is 12.4. The van der Waals surface area contributed by atoms with Crippen LogP contribution in [0.15, 0.2) is 28.0 Å². The van der Waals surface area contributed by atoms with Crippen molar-refractivity contribution in [1.29, 1.82) is 0 Å². The Bertz CT molecular complexity index is 1010. The van der Waals surface area contributed by atoms with Crippen molar-refractivity contribution in [2.45, 2.75) is 6.61 Å². The molecule has 0 aliphatic carbocycles. The van der Waals surface area contributed by atoms with Gasteiger partial charge in [-0.25, -0.2) is 0 Å². The predicted molar refractivity (Wildman–Crippen MR) is 105 cm³/mol. The normalized spacial score (nSPS) is 11.4. The van der Waals surface area contributed by atoms with Crippen LogP contribution in [0.3, 0.4) is 0 Å². The zero-order valence-electron chi connectivity index (χ0n) is 12.5. The topological polar surface area (TPSA) is 68.3 Å². The second-order valence-electron chi connectivity index (χ2n) is 4.74. The van der Waals surface area contributed by atoms with Gasteiger partial charge in [0.15, 0.2) is 5.75 Å². The summed E-state index contributed by atoms with van der Waals surface area (Å²) >= 11 is 35.1. The van der Waals surface area contributed by atoms with Gasteiger partial charge in [0.1, 0.15) is 34.5 Å². The molecular weight excluding hydrogens is 466 g/mol. The van der Waals surface area contributed by atoms with Gasteiger partial charge in [-0.15, -0.1) is 0 Å². The van der Waals surface area contributed by atoms with E-state index in [1.807, 2.05) is 0 Å². The number of rotatable bonds is 5. The van der Waals surface area contributed by atoms with E-state index in [1.165, 1.54) is 17.2 Å². The molecule has 0 saturated carbocycles. The van der Waals surface area contributed by atoms with Crippen molar-refractivity contribution in [3.63, 3.8) is 0 Å². The van der Waals surface area contributed by atoms with Crippen molar-refractivity contribution in [2.24, 2.45) is 5.10 Å². The summed E-state index contributed by atoms with van der Waals surface area (Å²) in [6.07, 6.45) is 2.91. The lowest BCUT2D eigenvalue weighted by atomic mass is 10.3. The fraction of sp³-hybridized carbons (Fsp3) is 0.0714. The van der Waals surface area contributed by atoms with Crippen molar-refractivity contribution in [1.82, 2.24) is 14.9 Å². The molecule has 1 aromatic carbocycles. The molecule has 0 saturated heterocycles. The Balaban J connectivity index is 1.74. The van der Waals surface area contributed by atoms with E-state index in [1.54, 1.807) is 12.1 Å². The Labute approximate surface area is 177 Å². The molecule has 0 fully saturated rings. The number of nitrogens with one attached hydrogen (secondary N) is 1. The molecule has 2 heterocycles. The Hall–Kier alpha value is -1.22. The highest BCUT2D eigenvalue weighted by atomic mass is 35.5. The fourth-order valence-corrected chi connectivity index (χ4v) is 3.22. The number of halogens is 5. The second kappa shape index (κ2) is 8.21. The first-order valence-electron chi connectivity index (χ1n) is 6.77. The monoisotopic (exact) mass is 470 g/mol. The van der Waals surface area contributed by atoms with Gasteiger partial charge < -0.3 is 9.15 Å². The summed E-state index contributed by atoms with van der Waals surface area (Å²) < 4.78 is 12.9. The number of H-pyrrole nitrogens is 1. The summed E-state index contributed by atoms with van der Waals surface area (Å²) in [6, 6.07) is 3.41. The minimum absolute atomic E-state index is 0.0344. The van der Waals surface area contributed by atoms with E-state index in [-0.39, 0.29) is 37.5 Å². The van der Waals surface area contributed by atoms with Crippen LogP contribution in [0, 0.1) is 4.77 Å². The smallest absolute Gasteiger partial charge is 0.216 e. The van der Waals surface area contributed by atoms with E-state index >= 15 is 0 Å². The highest BCUT2D eigenvalue weighted by molar-refractivity contribution is 7.71. The predicted octanol–water partition coefficient (Wildman–Crippen LogP) is 6.26. The van der Waals surface area contributed by atoms with Crippen molar-refractivity contribution < 1.29 is 9.15 Å². The van der Waals surface area contributed by atoms with Crippen molar-refractivity contribution in [3.8, 4) is 5.75 Å². The number of nitrogens with zero attached hydrogens (tertiary/aromatic N) is 3. The number of hydrogen-bond acceptors (Lipinski definition) is 5. The highest BCUT2D eigenvalue weighted by Crippen LogP contribution is 2.48. The van der Waals surface area contributed by atoms with Crippen LogP contribution in [-0.4, -0.2) is 21.1 Å². The van der Waals surface area contributed by atoms with Crippen LogP contribution >= 0.6 is 70.2 Å². The van der Waals surface area contributed by atoms with Gasteiger partial charge in [-0.2, -0.15) is 14.9 Å². The average molecular weight is 473 g/mol. The quantitative estimate of drug-likeness (QED) is 0.206. The van der Waals surface area contributed by atoms with Crippen molar-refractivity contribution in [2.75, 3.05) is 0 Å². The van der Waals surface area contributed by atoms with Crippen LogP contribution in [0.5, 0.6) is 5.75 Å². The highest BCUT2D eigenvalue weighted by Gasteiger charge is 2.20. The molecule has 2 aromatic heterocycles. The van der Waals surface area contributed by atoms with Gasteiger partial charge in [0.25, 0.3) is 0 Å². The van der Waals surface area contributed by atoms with Gasteiger partial charge in [-0.05, 0) is 24.4 Å². The van der Waals surface area contributed by atoms with Crippen LogP contribution < -0.4 is 4.74 Å². The number of ether oxygens (including phenoxy) is 1. The van der Waals surface area contributed by atoms with E-state index in [0.717, 1.165) is 0 Å². The number of benzene rings is 1. The number of furan rings is 1. The lowest BCUT2D eigenvalue weighted by Crippen LogP contribution is -1.96. The molecule has 12 heteroatoms. The molecule has 3 aromatic rings. The van der Waals surface area contributed by atoms with Crippen LogP contribution in [0.4, 0.5) is 0 Å². The lowest BCUT2D eigenvalue weighted by Gasteiger charge is -2.12. The van der Waals surface area contributed by atoms with E-state index < -0.39 is 0 Å². The van der Waals surface area contributed by atoms with Crippen molar-refractivity contribution in [3.05, 3.63) is 59.9 Å². The lowest BCUT2D eigenvalue weighted by molar-refractivity contribution is 0.270. The summed E-state index contributed by atoms with van der Waals surface area (Å²) in [5.74, 6) is 1.09. The van der Waals surface area contributed by atoms with E-state index in [0.29, 0.717) is 16.3 Å². The Morgan fingerprint density at radius 1 is 1.12 bits per heavy atom. The Kier molecular flexibility index (Phi) is 6.17. The summed E-state index contributed by atoms with van der Waals surface area (Å²) in [7, 11) is 0. The molecule has 0 bridgehead atoms. The third-order valence-corrected chi connectivity index (χ3v) is 5.58. The molecule has 0 unspecified atom stereocenters. The third kappa shape index (κ3) is 4.03. The minimum atomic E-state index is 0.0344. The van der Waals surface area contributed by atoms with Crippen LogP contribution in [0.1, 0.15) is 11.5 Å². The maximum absolute atomic E-state index is 6.11. The maximum atomic E-state index is 6.11. The largest absolute Gasteiger partial charge is 0.482 e. The molecule has 0 radical (unpaired) electrons. The fourth-order valence-electron chi connectivity index (χ4n) is 1.84. The first-order valence-corrected chi connectivity index (χ1v) is 9.07. The molecule has 0 aliphatic rings. The van der Waals surface area contributed by atoms with Gasteiger partial charge in [-0.1, -0.05) is 58.0 Å². The average Bonchev–Trinajstić information content (AvgIpc) is 3.25. The molecule has 6 nitrogen and oxygen atoms in total. The summed E-state index contributed by atoms with van der Waals surface area (Å²) in [5.41, 5.74) is 0. The molecule has 0 aliphatic heterocycles. The second-order valence-corrected chi connectivity index (χ2v) is 7.02. The Morgan fingerprint density at radius 2 is 1.77 bits per heavy atom. The van der Waals surface area contributed by atoms with Gasteiger partial charge in [0.2, 0.25) is 4.77 Å². The molecular formula is C14H7Cl5N4O2S. The van der Waals surface area contributed by atoms with Crippen LogP contribution in [-0.2, 0) is 6.61 Å². The van der Waals surface area contributed by atoms with Gasteiger partial charge >= 0.3 is 0 Å². The van der Waals surface area contributed by atoms with Gasteiger partial charge in [0, 0.05) is 0 Å². The molecule has 0 atom stereocenters. The standard InChI is InChI=1S/C14H7Cl5N4O2S/c15-8-9(16)11(18)13(12(19)10(8)17)24-4-7-2-1-6(25-7)3-21-23-5-20-22-14(23)26/h1-3,5H,4H2,(H,22,26). The number of aromatic amines is 1. The van der Waals surface area contributed by atoms with E-state index in [9.17, 15) is 0 Å². The molecule has 0 spiro atoms. The SMILES string of the molecule is S=c1[nH]ncn1N=Cc1ccc(COc2c(Cl)c(Cl)c(Cl)c(Cl)c2Cl)o1.